The molecule has 0 saturated heterocycles. The molecule has 3 nitrogen and oxygen atoms in total. The van der Waals surface area contributed by atoms with Crippen LogP contribution in [0, 0.1) is 6.92 Å². The van der Waals surface area contributed by atoms with E-state index in [1.807, 2.05) is 26.9 Å². The van der Waals surface area contributed by atoms with E-state index in [2.05, 4.69) is 5.16 Å². The molecular formula is C8H15NO2Si. The Kier molecular flexibility index (Phi) is 2.39. The molecule has 1 N–H and O–H groups in total. The van der Waals surface area contributed by atoms with E-state index in [4.69, 9.17) is 4.52 Å². The van der Waals surface area contributed by atoms with Gasteiger partial charge in [0.2, 0.25) is 8.32 Å². The predicted octanol–water partition coefficient (Wildman–Crippen LogP) is 0.950. The number of hydrogen-bond acceptors (Lipinski definition) is 3. The Bertz CT molecular complexity index is 275. The molecular weight excluding hydrogens is 170 g/mol. The molecule has 1 heterocycles. The van der Waals surface area contributed by atoms with Gasteiger partial charge in [-0.1, -0.05) is 12.1 Å². The Morgan fingerprint density at radius 1 is 1.50 bits per heavy atom. The predicted molar refractivity (Wildman–Crippen MR) is 50.0 cm³/mol. The number of hydrogen-bond donors (Lipinski definition) is 1. The summed E-state index contributed by atoms with van der Waals surface area (Å²) in [5, 5.41) is 4.86. The second kappa shape index (κ2) is 3.03. The topological polar surface area (TPSA) is 46.3 Å². The van der Waals surface area contributed by atoms with Crippen molar-refractivity contribution in [2.75, 3.05) is 0 Å². The zero-order valence-electron chi connectivity index (χ0n) is 8.01. The van der Waals surface area contributed by atoms with Crippen molar-refractivity contribution < 1.29 is 9.32 Å². The van der Waals surface area contributed by atoms with Gasteiger partial charge in [0, 0.05) is 5.19 Å². The van der Waals surface area contributed by atoms with Gasteiger partial charge < -0.3 is 9.32 Å². The smallest absolute Gasteiger partial charge is 0.219 e. The third kappa shape index (κ3) is 1.59. The van der Waals surface area contributed by atoms with E-state index >= 15 is 0 Å². The molecule has 0 amide bonds. The Balaban J connectivity index is 3.19. The first-order valence-corrected chi connectivity index (χ1v) is 7.09. The van der Waals surface area contributed by atoms with Crippen LogP contribution in [0.15, 0.2) is 4.52 Å². The molecule has 1 aromatic rings. The third-order valence-electron chi connectivity index (χ3n) is 1.88. The largest absolute Gasteiger partial charge is 0.428 e. The first kappa shape index (κ1) is 9.47. The quantitative estimate of drug-likeness (QED) is 0.698. The highest BCUT2D eigenvalue weighted by atomic mass is 28.4. The van der Waals surface area contributed by atoms with Gasteiger partial charge in [-0.15, -0.1) is 0 Å². The number of aryl methyl sites for hydroxylation is 2. The average Bonchev–Trinajstić information content (AvgIpc) is 2.29. The van der Waals surface area contributed by atoms with E-state index in [0.717, 1.165) is 23.1 Å². The molecule has 12 heavy (non-hydrogen) atoms. The molecule has 4 heteroatoms. The van der Waals surface area contributed by atoms with Crippen molar-refractivity contribution in [1.29, 1.82) is 0 Å². The maximum absolute atomic E-state index is 9.91. The van der Waals surface area contributed by atoms with E-state index < -0.39 is 8.32 Å². The van der Waals surface area contributed by atoms with Crippen LogP contribution in [0.4, 0.5) is 0 Å². The fourth-order valence-corrected chi connectivity index (χ4v) is 3.28. The summed E-state index contributed by atoms with van der Waals surface area (Å²) in [5.41, 5.74) is 0.909. The van der Waals surface area contributed by atoms with Crippen molar-refractivity contribution in [1.82, 2.24) is 5.16 Å². The van der Waals surface area contributed by atoms with E-state index in [9.17, 15) is 4.80 Å². The van der Waals surface area contributed by atoms with Gasteiger partial charge in [-0.3, -0.25) is 0 Å². The van der Waals surface area contributed by atoms with Crippen LogP contribution in [0.25, 0.3) is 0 Å². The van der Waals surface area contributed by atoms with Crippen molar-refractivity contribution in [2.45, 2.75) is 33.4 Å². The highest BCUT2D eigenvalue weighted by Gasteiger charge is 2.28. The summed E-state index contributed by atoms with van der Waals surface area (Å²) in [5.74, 6) is 0.769. The van der Waals surface area contributed by atoms with Gasteiger partial charge >= 0.3 is 0 Å². The van der Waals surface area contributed by atoms with Crippen molar-refractivity contribution in [2.24, 2.45) is 0 Å². The molecule has 0 spiro atoms. The minimum Gasteiger partial charge on any atom is -0.428 e. The van der Waals surface area contributed by atoms with Crippen molar-refractivity contribution in [3.8, 4) is 0 Å². The van der Waals surface area contributed by atoms with Crippen molar-refractivity contribution in [3.05, 3.63) is 11.5 Å². The van der Waals surface area contributed by atoms with Crippen LogP contribution < -0.4 is 5.19 Å². The summed E-state index contributed by atoms with van der Waals surface area (Å²) in [4.78, 5) is 9.91. The van der Waals surface area contributed by atoms with Gasteiger partial charge in [0.15, 0.2) is 0 Å². The Morgan fingerprint density at radius 2 is 2.08 bits per heavy atom. The monoisotopic (exact) mass is 185 g/mol. The molecule has 0 fully saturated rings. The highest BCUT2D eigenvalue weighted by molar-refractivity contribution is 6.83. The van der Waals surface area contributed by atoms with Crippen LogP contribution in [0.1, 0.15) is 18.4 Å². The molecule has 0 radical (unpaired) electrons. The highest BCUT2D eigenvalue weighted by Crippen LogP contribution is 2.07. The summed E-state index contributed by atoms with van der Waals surface area (Å²) in [7, 11) is -2.25. The zero-order chi connectivity index (χ0) is 9.35. The molecule has 68 valence electrons. The molecule has 0 aromatic carbocycles. The molecule has 0 aliphatic rings. The van der Waals surface area contributed by atoms with E-state index in [1.54, 1.807) is 0 Å². The maximum Gasteiger partial charge on any atom is 0.219 e. The Hall–Kier alpha value is -0.613. The Labute approximate surface area is 73.5 Å². The van der Waals surface area contributed by atoms with Gasteiger partial charge in [-0.2, -0.15) is 0 Å². The van der Waals surface area contributed by atoms with Crippen LogP contribution in [0.2, 0.25) is 13.1 Å². The van der Waals surface area contributed by atoms with Gasteiger partial charge in [0.25, 0.3) is 0 Å². The molecule has 1 aromatic heterocycles. The van der Waals surface area contributed by atoms with Crippen LogP contribution in [-0.2, 0) is 6.42 Å². The second-order valence-electron chi connectivity index (χ2n) is 3.47. The van der Waals surface area contributed by atoms with Crippen molar-refractivity contribution >= 4 is 13.5 Å². The SMILES string of the molecule is CCc1noc(C)c1[Si](C)(C)O. The van der Waals surface area contributed by atoms with Crippen LogP contribution in [-0.4, -0.2) is 18.3 Å². The summed E-state index contributed by atoms with van der Waals surface area (Å²) in [6, 6.07) is 0. The molecule has 0 aliphatic carbocycles. The summed E-state index contributed by atoms with van der Waals surface area (Å²) >= 11 is 0. The van der Waals surface area contributed by atoms with E-state index in [0.29, 0.717) is 0 Å². The third-order valence-corrected chi connectivity index (χ3v) is 3.74. The number of aromatic nitrogens is 1. The van der Waals surface area contributed by atoms with E-state index in [1.165, 1.54) is 0 Å². The molecule has 0 atom stereocenters. The Morgan fingerprint density at radius 3 is 2.42 bits per heavy atom. The number of rotatable bonds is 2. The number of nitrogens with zero attached hydrogens (tertiary/aromatic N) is 1. The molecule has 0 saturated carbocycles. The maximum atomic E-state index is 9.91. The van der Waals surface area contributed by atoms with Gasteiger partial charge in [0.1, 0.15) is 5.76 Å². The summed E-state index contributed by atoms with van der Waals surface area (Å²) in [6.07, 6.45) is 0.823. The van der Waals surface area contributed by atoms with E-state index in [-0.39, 0.29) is 0 Å². The van der Waals surface area contributed by atoms with Gasteiger partial charge in [-0.25, -0.2) is 0 Å². The van der Waals surface area contributed by atoms with Crippen LogP contribution >= 0.6 is 0 Å². The normalized spacial score (nSPS) is 12.1. The summed E-state index contributed by atoms with van der Waals surface area (Å²) in [6.45, 7) is 7.63. The van der Waals surface area contributed by atoms with Crippen LogP contribution in [0.3, 0.4) is 0 Å². The standard InChI is InChI=1S/C8H15NO2Si/c1-5-7-8(12(3,4)10)6(2)11-9-7/h10H,5H2,1-4H3. The first-order chi connectivity index (χ1) is 5.46. The lowest BCUT2D eigenvalue weighted by Crippen LogP contribution is -2.44. The fourth-order valence-electron chi connectivity index (χ4n) is 1.44. The zero-order valence-corrected chi connectivity index (χ0v) is 9.01. The van der Waals surface area contributed by atoms with Gasteiger partial charge in [-0.05, 0) is 26.4 Å². The molecule has 1 rings (SSSR count). The minimum atomic E-state index is -2.25. The van der Waals surface area contributed by atoms with Crippen molar-refractivity contribution in [3.63, 3.8) is 0 Å². The van der Waals surface area contributed by atoms with Gasteiger partial charge in [0.05, 0.1) is 5.69 Å². The lowest BCUT2D eigenvalue weighted by molar-refractivity contribution is 0.391. The average molecular weight is 185 g/mol. The molecule has 0 aliphatic heterocycles. The summed E-state index contributed by atoms with van der Waals surface area (Å²) < 4.78 is 5.04. The molecule has 0 unspecified atom stereocenters. The van der Waals surface area contributed by atoms with Crippen LogP contribution in [0.5, 0.6) is 0 Å². The lowest BCUT2D eigenvalue weighted by atomic mass is 10.3. The second-order valence-corrected chi connectivity index (χ2v) is 7.09. The molecule has 0 bridgehead atoms. The minimum absolute atomic E-state index is 0.769. The lowest BCUT2D eigenvalue weighted by Gasteiger charge is -2.13. The first-order valence-electron chi connectivity index (χ1n) is 4.14. The fraction of sp³-hybridized carbons (Fsp3) is 0.625.